The number of carbonyl (C=O) groups is 2. The second-order valence-corrected chi connectivity index (χ2v) is 6.69. The highest BCUT2D eigenvalue weighted by Gasteiger charge is 2.13. The van der Waals surface area contributed by atoms with Crippen molar-refractivity contribution in [2.45, 2.75) is 32.6 Å². The molecule has 0 bridgehead atoms. The molecule has 2 N–H and O–H groups in total. The van der Waals surface area contributed by atoms with E-state index in [1.54, 1.807) is 49.6 Å². The highest BCUT2D eigenvalue weighted by molar-refractivity contribution is 6.06. The molecule has 2 aromatic rings. The number of para-hydroxylation sites is 1. The summed E-state index contributed by atoms with van der Waals surface area (Å²) >= 11 is 0. The van der Waals surface area contributed by atoms with Gasteiger partial charge in [-0.3, -0.25) is 9.59 Å². The van der Waals surface area contributed by atoms with Gasteiger partial charge in [-0.1, -0.05) is 44.4 Å². The van der Waals surface area contributed by atoms with Crippen molar-refractivity contribution < 1.29 is 19.1 Å². The quantitative estimate of drug-likeness (QED) is 0.524. The van der Waals surface area contributed by atoms with Crippen molar-refractivity contribution in [3.8, 4) is 5.75 Å². The van der Waals surface area contributed by atoms with E-state index < -0.39 is 0 Å². The van der Waals surface area contributed by atoms with E-state index in [-0.39, 0.29) is 11.8 Å². The summed E-state index contributed by atoms with van der Waals surface area (Å²) in [5.41, 5.74) is 1.49. The molecule has 0 unspecified atom stereocenters. The van der Waals surface area contributed by atoms with Crippen molar-refractivity contribution in [3.63, 3.8) is 0 Å². The monoisotopic (exact) mass is 398 g/mol. The molecule has 0 heterocycles. The van der Waals surface area contributed by atoms with Crippen LogP contribution in [0.4, 0.5) is 5.69 Å². The van der Waals surface area contributed by atoms with Gasteiger partial charge in [0.05, 0.1) is 18.8 Å². The molecule has 0 spiro atoms. The van der Waals surface area contributed by atoms with E-state index in [1.807, 2.05) is 6.07 Å². The summed E-state index contributed by atoms with van der Waals surface area (Å²) in [7, 11) is 1.58. The summed E-state index contributed by atoms with van der Waals surface area (Å²) in [5.74, 6) is 0.0787. The van der Waals surface area contributed by atoms with Crippen molar-refractivity contribution in [3.05, 3.63) is 59.7 Å². The molecule has 0 saturated heterocycles. The summed E-state index contributed by atoms with van der Waals surface area (Å²) in [5, 5.41) is 5.61. The van der Waals surface area contributed by atoms with Gasteiger partial charge >= 0.3 is 0 Å². The molecule has 0 saturated carbocycles. The predicted molar refractivity (Wildman–Crippen MR) is 115 cm³/mol. The van der Waals surface area contributed by atoms with Crippen LogP contribution < -0.4 is 15.4 Å². The third-order valence-electron chi connectivity index (χ3n) is 4.36. The summed E-state index contributed by atoms with van der Waals surface area (Å²) in [6.45, 7) is 3.62. The molecule has 0 aliphatic heterocycles. The normalized spacial score (nSPS) is 10.4. The predicted octanol–water partition coefficient (Wildman–Crippen LogP) is 4.27. The minimum absolute atomic E-state index is 0.214. The number of hydrogen-bond acceptors (Lipinski definition) is 4. The van der Waals surface area contributed by atoms with Crippen LogP contribution in [0.25, 0.3) is 0 Å². The Labute approximate surface area is 172 Å². The Morgan fingerprint density at radius 2 is 1.76 bits per heavy atom. The molecule has 0 radical (unpaired) electrons. The third kappa shape index (κ3) is 7.58. The fourth-order valence-corrected chi connectivity index (χ4v) is 2.80. The smallest absolute Gasteiger partial charge is 0.259 e. The van der Waals surface area contributed by atoms with Crippen LogP contribution in [0.1, 0.15) is 53.3 Å². The van der Waals surface area contributed by atoms with Crippen LogP contribution in [0.5, 0.6) is 5.75 Å². The van der Waals surface area contributed by atoms with E-state index >= 15 is 0 Å². The summed E-state index contributed by atoms with van der Waals surface area (Å²) in [6.07, 6.45) is 4.43. The molecule has 2 amide bonds. The van der Waals surface area contributed by atoms with E-state index in [4.69, 9.17) is 9.47 Å². The lowest BCUT2D eigenvalue weighted by Gasteiger charge is -2.12. The lowest BCUT2D eigenvalue weighted by Crippen LogP contribution is -2.27. The van der Waals surface area contributed by atoms with Gasteiger partial charge in [-0.2, -0.15) is 0 Å². The molecule has 0 aromatic heterocycles. The lowest BCUT2D eigenvalue weighted by molar-refractivity contribution is 0.0936. The number of nitrogens with one attached hydrogen (secondary N) is 2. The van der Waals surface area contributed by atoms with Gasteiger partial charge in [0, 0.05) is 24.9 Å². The van der Waals surface area contributed by atoms with Crippen LogP contribution in [0.15, 0.2) is 48.5 Å². The van der Waals surface area contributed by atoms with Crippen LogP contribution in [0, 0.1) is 0 Å². The molecule has 0 atom stereocenters. The van der Waals surface area contributed by atoms with E-state index in [2.05, 4.69) is 17.6 Å². The number of benzene rings is 2. The number of carbonyl (C=O) groups excluding carboxylic acids is 2. The lowest BCUT2D eigenvalue weighted by atomic mass is 10.1. The number of rotatable bonds is 12. The molecule has 6 nitrogen and oxygen atoms in total. The van der Waals surface area contributed by atoms with Gasteiger partial charge in [-0.05, 0) is 36.8 Å². The Kier molecular flexibility index (Phi) is 9.72. The van der Waals surface area contributed by atoms with Crippen molar-refractivity contribution >= 4 is 17.5 Å². The highest BCUT2D eigenvalue weighted by atomic mass is 16.5. The van der Waals surface area contributed by atoms with Crippen LogP contribution >= 0.6 is 0 Å². The fourth-order valence-electron chi connectivity index (χ4n) is 2.80. The topological polar surface area (TPSA) is 76.7 Å². The fraction of sp³-hybridized carbons (Fsp3) is 0.391. The molecule has 0 aliphatic carbocycles. The van der Waals surface area contributed by atoms with Gasteiger partial charge < -0.3 is 20.1 Å². The maximum absolute atomic E-state index is 12.8. The van der Waals surface area contributed by atoms with Crippen LogP contribution in [0.2, 0.25) is 0 Å². The first-order chi connectivity index (χ1) is 14.2. The van der Waals surface area contributed by atoms with E-state index in [0.717, 1.165) is 12.8 Å². The Hall–Kier alpha value is -2.86. The second-order valence-electron chi connectivity index (χ2n) is 6.69. The van der Waals surface area contributed by atoms with Gasteiger partial charge in [0.2, 0.25) is 0 Å². The minimum atomic E-state index is -0.272. The molecule has 6 heteroatoms. The van der Waals surface area contributed by atoms with Crippen molar-refractivity contribution in [1.82, 2.24) is 5.32 Å². The zero-order valence-electron chi connectivity index (χ0n) is 17.2. The van der Waals surface area contributed by atoms with Gasteiger partial charge in [0.1, 0.15) is 5.75 Å². The van der Waals surface area contributed by atoms with E-state index in [1.165, 1.54) is 12.8 Å². The second kappa shape index (κ2) is 12.6. The summed E-state index contributed by atoms with van der Waals surface area (Å²) < 4.78 is 10.8. The molecule has 0 aliphatic rings. The molecule has 0 fully saturated rings. The molecule has 156 valence electrons. The average molecular weight is 399 g/mol. The summed E-state index contributed by atoms with van der Waals surface area (Å²) in [4.78, 5) is 24.9. The molecule has 2 aromatic carbocycles. The number of methoxy groups -OCH3 is 1. The van der Waals surface area contributed by atoms with Gasteiger partial charge in [-0.15, -0.1) is 0 Å². The molecular weight excluding hydrogens is 368 g/mol. The number of ether oxygens (including phenoxy) is 2. The number of anilines is 1. The van der Waals surface area contributed by atoms with Gasteiger partial charge in [0.25, 0.3) is 11.8 Å². The van der Waals surface area contributed by atoms with Gasteiger partial charge in [0.15, 0.2) is 0 Å². The zero-order chi connectivity index (χ0) is 20.9. The first-order valence-electron chi connectivity index (χ1n) is 10.1. The number of hydrogen-bond donors (Lipinski definition) is 2. The third-order valence-corrected chi connectivity index (χ3v) is 4.36. The standard InChI is InChI=1S/C23H30N2O4/c1-3-4-5-8-15-29-21-13-7-6-12-20(21)23(27)25-19-11-9-10-18(17-19)22(26)24-14-16-28-2/h6-7,9-13,17H,3-5,8,14-16H2,1-2H3,(H,24,26)(H,25,27). The Bertz CT molecular complexity index is 792. The van der Waals surface area contributed by atoms with Crippen molar-refractivity contribution in [2.75, 3.05) is 32.2 Å². The Balaban J connectivity index is 1.99. The molecule has 29 heavy (non-hydrogen) atoms. The first-order valence-corrected chi connectivity index (χ1v) is 10.1. The van der Waals surface area contributed by atoms with Crippen molar-refractivity contribution in [1.29, 1.82) is 0 Å². The first kappa shape index (κ1) is 22.4. The number of unbranched alkanes of at least 4 members (excludes halogenated alkanes) is 3. The highest BCUT2D eigenvalue weighted by Crippen LogP contribution is 2.21. The SMILES string of the molecule is CCCCCCOc1ccccc1C(=O)Nc1cccc(C(=O)NCCOC)c1. The van der Waals surface area contributed by atoms with E-state index in [0.29, 0.717) is 42.3 Å². The molecular formula is C23H30N2O4. The zero-order valence-corrected chi connectivity index (χ0v) is 17.2. The maximum Gasteiger partial charge on any atom is 0.259 e. The largest absolute Gasteiger partial charge is 0.493 e. The summed E-state index contributed by atoms with van der Waals surface area (Å²) in [6, 6.07) is 14.0. The minimum Gasteiger partial charge on any atom is -0.493 e. The van der Waals surface area contributed by atoms with Gasteiger partial charge in [-0.25, -0.2) is 0 Å². The average Bonchev–Trinajstić information content (AvgIpc) is 2.74. The molecule has 2 rings (SSSR count). The van der Waals surface area contributed by atoms with Crippen LogP contribution in [-0.4, -0.2) is 38.7 Å². The van der Waals surface area contributed by atoms with Crippen LogP contribution in [0.3, 0.4) is 0 Å². The van der Waals surface area contributed by atoms with E-state index in [9.17, 15) is 9.59 Å². The maximum atomic E-state index is 12.8. The Morgan fingerprint density at radius 3 is 2.55 bits per heavy atom. The number of amides is 2. The Morgan fingerprint density at radius 1 is 0.931 bits per heavy atom. The van der Waals surface area contributed by atoms with Crippen molar-refractivity contribution in [2.24, 2.45) is 0 Å². The van der Waals surface area contributed by atoms with Crippen LogP contribution in [-0.2, 0) is 4.74 Å².